The molecule has 18 heavy (non-hydrogen) atoms. The molecule has 1 aliphatic rings. The Morgan fingerprint density at radius 3 is 2.67 bits per heavy atom. The Labute approximate surface area is 108 Å². The molecule has 2 amide bonds. The monoisotopic (exact) mass is 257 g/mol. The van der Waals surface area contributed by atoms with Crippen molar-refractivity contribution in [2.75, 3.05) is 19.6 Å². The number of aliphatic hydroxyl groups is 1. The molecule has 0 spiro atoms. The van der Waals surface area contributed by atoms with Gasteiger partial charge in [-0.1, -0.05) is 6.92 Å². The van der Waals surface area contributed by atoms with E-state index in [0.717, 1.165) is 6.42 Å². The molecule has 0 bridgehead atoms. The summed E-state index contributed by atoms with van der Waals surface area (Å²) in [4.78, 5) is 24.0. The molecule has 0 aromatic heterocycles. The minimum absolute atomic E-state index is 0.0261. The van der Waals surface area contributed by atoms with Crippen LogP contribution in [0.2, 0.25) is 0 Å². The lowest BCUT2D eigenvalue weighted by atomic mass is 9.88. The highest BCUT2D eigenvalue weighted by Gasteiger charge is 2.31. The van der Waals surface area contributed by atoms with Gasteiger partial charge in [-0.05, 0) is 18.8 Å². The highest BCUT2D eigenvalue weighted by molar-refractivity contribution is 5.76. The first-order valence-electron chi connectivity index (χ1n) is 6.38. The Bertz CT molecular complexity index is 285. The zero-order valence-corrected chi connectivity index (χ0v) is 11.1. The van der Waals surface area contributed by atoms with E-state index in [1.54, 1.807) is 0 Å². The van der Waals surface area contributed by atoms with Crippen LogP contribution in [0.5, 0.6) is 0 Å². The number of nitrogens with one attached hydrogen (secondary N) is 1. The third-order valence-electron chi connectivity index (χ3n) is 3.31. The van der Waals surface area contributed by atoms with E-state index in [-0.39, 0.29) is 30.3 Å². The van der Waals surface area contributed by atoms with E-state index in [2.05, 4.69) is 5.32 Å². The molecule has 3 atom stereocenters. The van der Waals surface area contributed by atoms with Crippen LogP contribution in [0, 0.1) is 5.92 Å². The van der Waals surface area contributed by atoms with Crippen molar-refractivity contribution in [2.45, 2.75) is 38.8 Å². The van der Waals surface area contributed by atoms with E-state index in [1.807, 2.05) is 11.8 Å². The lowest BCUT2D eigenvalue weighted by Crippen LogP contribution is -2.54. The molecule has 1 fully saturated rings. The van der Waals surface area contributed by atoms with Gasteiger partial charge in [0.1, 0.15) is 0 Å². The summed E-state index contributed by atoms with van der Waals surface area (Å²) in [6, 6.07) is -0.0261. The van der Waals surface area contributed by atoms with Gasteiger partial charge in [-0.2, -0.15) is 0 Å². The summed E-state index contributed by atoms with van der Waals surface area (Å²) >= 11 is 0. The summed E-state index contributed by atoms with van der Waals surface area (Å²) in [5.74, 6) is -0.408. The second-order valence-electron chi connectivity index (χ2n) is 5.03. The molecule has 6 heteroatoms. The van der Waals surface area contributed by atoms with Crippen LogP contribution in [-0.2, 0) is 9.59 Å². The third-order valence-corrected chi connectivity index (χ3v) is 3.31. The highest BCUT2D eigenvalue weighted by atomic mass is 16.3. The Hall–Kier alpha value is -1.14. The molecule has 0 saturated carbocycles. The van der Waals surface area contributed by atoms with Crippen LogP contribution in [-0.4, -0.2) is 53.6 Å². The van der Waals surface area contributed by atoms with Crippen molar-refractivity contribution in [3.8, 4) is 0 Å². The summed E-state index contributed by atoms with van der Waals surface area (Å²) in [5.41, 5.74) is 5.19. The topological polar surface area (TPSA) is 95.7 Å². The molecule has 0 aromatic carbocycles. The first-order valence-corrected chi connectivity index (χ1v) is 6.38. The zero-order chi connectivity index (χ0) is 13.7. The summed E-state index contributed by atoms with van der Waals surface area (Å²) in [6.07, 6.45) is 1.00. The molecule has 0 aliphatic carbocycles. The molecule has 1 heterocycles. The SMILES string of the molecule is CCC(O)C1CC(NC(C)=O)CN(CC(N)=O)C1. The molecule has 104 valence electrons. The highest BCUT2D eigenvalue weighted by Crippen LogP contribution is 2.21. The number of hydrogen-bond donors (Lipinski definition) is 3. The second kappa shape index (κ2) is 6.70. The lowest BCUT2D eigenvalue weighted by molar-refractivity contribution is -0.121. The van der Waals surface area contributed by atoms with E-state index in [4.69, 9.17) is 5.73 Å². The quantitative estimate of drug-likeness (QED) is 0.593. The number of carbonyl (C=O) groups excluding carboxylic acids is 2. The Balaban J connectivity index is 2.65. The average molecular weight is 257 g/mol. The Kier molecular flexibility index (Phi) is 5.55. The van der Waals surface area contributed by atoms with Gasteiger partial charge in [0.25, 0.3) is 0 Å². The predicted octanol–water partition coefficient (Wildman–Crippen LogP) is -0.931. The van der Waals surface area contributed by atoms with Crippen molar-refractivity contribution in [2.24, 2.45) is 11.7 Å². The molecule has 4 N–H and O–H groups in total. The fourth-order valence-corrected chi connectivity index (χ4v) is 2.59. The summed E-state index contributed by atoms with van der Waals surface area (Å²) in [5, 5.41) is 12.8. The van der Waals surface area contributed by atoms with E-state index >= 15 is 0 Å². The van der Waals surface area contributed by atoms with Gasteiger partial charge in [-0.15, -0.1) is 0 Å². The number of nitrogens with two attached hydrogens (primary N) is 1. The molecule has 1 saturated heterocycles. The summed E-state index contributed by atoms with van der Waals surface area (Å²) in [7, 11) is 0. The Morgan fingerprint density at radius 2 is 2.17 bits per heavy atom. The van der Waals surface area contributed by atoms with Crippen LogP contribution in [0.4, 0.5) is 0 Å². The fraction of sp³-hybridized carbons (Fsp3) is 0.833. The maximum absolute atomic E-state index is 11.1. The largest absolute Gasteiger partial charge is 0.393 e. The summed E-state index contributed by atoms with van der Waals surface area (Å²) in [6.45, 7) is 4.82. The number of carbonyl (C=O) groups is 2. The third kappa shape index (κ3) is 4.62. The van der Waals surface area contributed by atoms with E-state index in [1.165, 1.54) is 6.92 Å². The number of primary amides is 1. The molecule has 1 aliphatic heterocycles. The minimum Gasteiger partial charge on any atom is -0.393 e. The number of nitrogens with zero attached hydrogens (tertiary/aromatic N) is 1. The van der Waals surface area contributed by atoms with Gasteiger partial charge in [0, 0.05) is 26.1 Å². The molecule has 6 nitrogen and oxygen atoms in total. The predicted molar refractivity (Wildman–Crippen MR) is 67.6 cm³/mol. The van der Waals surface area contributed by atoms with Crippen LogP contribution >= 0.6 is 0 Å². The van der Waals surface area contributed by atoms with Crippen molar-refractivity contribution < 1.29 is 14.7 Å². The maximum atomic E-state index is 11.1. The minimum atomic E-state index is -0.406. The van der Waals surface area contributed by atoms with Crippen LogP contribution in [0.25, 0.3) is 0 Å². The number of likely N-dealkylation sites (tertiary alicyclic amines) is 1. The molecule has 3 unspecified atom stereocenters. The number of amides is 2. The van der Waals surface area contributed by atoms with Crippen LogP contribution in [0.1, 0.15) is 26.7 Å². The van der Waals surface area contributed by atoms with Gasteiger partial charge >= 0.3 is 0 Å². The van der Waals surface area contributed by atoms with E-state index in [9.17, 15) is 14.7 Å². The molecular weight excluding hydrogens is 234 g/mol. The van der Waals surface area contributed by atoms with Crippen molar-refractivity contribution in [1.29, 1.82) is 0 Å². The fourth-order valence-electron chi connectivity index (χ4n) is 2.59. The zero-order valence-electron chi connectivity index (χ0n) is 11.1. The van der Waals surface area contributed by atoms with Crippen molar-refractivity contribution in [1.82, 2.24) is 10.2 Å². The van der Waals surface area contributed by atoms with Crippen molar-refractivity contribution in [3.05, 3.63) is 0 Å². The molecule has 0 aromatic rings. The summed E-state index contributed by atoms with van der Waals surface area (Å²) < 4.78 is 0. The molecular formula is C12H23N3O3. The van der Waals surface area contributed by atoms with E-state index in [0.29, 0.717) is 19.5 Å². The number of aliphatic hydroxyl groups excluding tert-OH is 1. The first-order chi connectivity index (χ1) is 8.42. The van der Waals surface area contributed by atoms with Gasteiger partial charge in [-0.3, -0.25) is 14.5 Å². The van der Waals surface area contributed by atoms with Gasteiger partial charge < -0.3 is 16.2 Å². The van der Waals surface area contributed by atoms with Crippen molar-refractivity contribution >= 4 is 11.8 Å². The number of hydrogen-bond acceptors (Lipinski definition) is 4. The van der Waals surface area contributed by atoms with Gasteiger partial charge in [0.05, 0.1) is 12.6 Å². The lowest BCUT2D eigenvalue weighted by Gasteiger charge is -2.39. The maximum Gasteiger partial charge on any atom is 0.231 e. The van der Waals surface area contributed by atoms with Gasteiger partial charge in [0.15, 0.2) is 0 Å². The van der Waals surface area contributed by atoms with Crippen LogP contribution in [0.3, 0.4) is 0 Å². The van der Waals surface area contributed by atoms with Gasteiger partial charge in [0.2, 0.25) is 11.8 Å². The normalized spacial score (nSPS) is 26.6. The van der Waals surface area contributed by atoms with E-state index < -0.39 is 6.10 Å². The average Bonchev–Trinajstić information content (AvgIpc) is 2.25. The first kappa shape index (κ1) is 14.9. The second-order valence-corrected chi connectivity index (χ2v) is 5.03. The molecule has 0 radical (unpaired) electrons. The smallest absolute Gasteiger partial charge is 0.231 e. The number of piperidine rings is 1. The van der Waals surface area contributed by atoms with Crippen LogP contribution in [0.15, 0.2) is 0 Å². The number of rotatable bonds is 5. The van der Waals surface area contributed by atoms with Crippen molar-refractivity contribution in [3.63, 3.8) is 0 Å². The van der Waals surface area contributed by atoms with Gasteiger partial charge in [-0.25, -0.2) is 0 Å². The Morgan fingerprint density at radius 1 is 1.50 bits per heavy atom. The van der Waals surface area contributed by atoms with Crippen LogP contribution < -0.4 is 11.1 Å². The standard InChI is InChI=1S/C12H23N3O3/c1-3-11(17)9-4-10(14-8(2)16)6-15(5-9)7-12(13)18/h9-11,17H,3-7H2,1-2H3,(H2,13,18)(H,14,16). The molecule has 1 rings (SSSR count).